The van der Waals surface area contributed by atoms with E-state index in [1.165, 1.54) is 6.07 Å². The average Bonchev–Trinajstić information content (AvgIpc) is 2.95. The molecule has 0 fully saturated rings. The monoisotopic (exact) mass is 274 g/mol. The molecule has 0 bridgehead atoms. The highest BCUT2D eigenvalue weighted by molar-refractivity contribution is 5.36. The molecule has 3 nitrogen and oxygen atoms in total. The van der Waals surface area contributed by atoms with E-state index in [4.69, 9.17) is 14.3 Å². The number of hydrogen-bond donors (Lipinski definition) is 1. The van der Waals surface area contributed by atoms with Crippen molar-refractivity contribution in [2.24, 2.45) is 0 Å². The van der Waals surface area contributed by atoms with Gasteiger partial charge in [0.15, 0.2) is 0 Å². The molecule has 1 aromatic heterocycles. The highest BCUT2D eigenvalue weighted by Gasteiger charge is 2.04. The number of benzene rings is 1. The van der Waals surface area contributed by atoms with Crippen molar-refractivity contribution in [2.45, 2.75) is 19.6 Å². The molecule has 0 atom stereocenters. The molecule has 0 aliphatic rings. The molecular weight excluding hydrogens is 259 g/mol. The maximum atomic E-state index is 13.8. The summed E-state index contributed by atoms with van der Waals surface area (Å²) >= 11 is 0. The second kappa shape index (κ2) is 7.49. The third-order valence-electron chi connectivity index (χ3n) is 2.60. The van der Waals surface area contributed by atoms with Crippen molar-refractivity contribution in [3.8, 4) is 11.8 Å². The SMILES string of the molecule is OCCC#Cc1ccc(COCc2ccco2)c(F)c1. The van der Waals surface area contributed by atoms with Gasteiger partial charge in [-0.2, -0.15) is 0 Å². The number of ether oxygens (including phenoxy) is 1. The minimum Gasteiger partial charge on any atom is -0.467 e. The lowest BCUT2D eigenvalue weighted by Gasteiger charge is -2.04. The van der Waals surface area contributed by atoms with E-state index in [1.54, 1.807) is 30.5 Å². The van der Waals surface area contributed by atoms with Gasteiger partial charge in [0.25, 0.3) is 0 Å². The molecule has 0 saturated carbocycles. The van der Waals surface area contributed by atoms with Crippen molar-refractivity contribution in [2.75, 3.05) is 6.61 Å². The Bertz CT molecular complexity index is 594. The van der Waals surface area contributed by atoms with Crippen LogP contribution in [0.2, 0.25) is 0 Å². The van der Waals surface area contributed by atoms with Gasteiger partial charge in [0.1, 0.15) is 18.2 Å². The predicted octanol–water partition coefficient (Wildman–Crippen LogP) is 2.87. The standard InChI is InChI=1S/C16H15FO3/c17-16-10-13(4-1-2-8-18)6-7-14(16)11-19-12-15-5-3-9-20-15/h3,5-7,9-10,18H,2,8,11-12H2. The van der Waals surface area contributed by atoms with E-state index in [2.05, 4.69) is 11.8 Å². The topological polar surface area (TPSA) is 42.6 Å². The van der Waals surface area contributed by atoms with Gasteiger partial charge in [0.2, 0.25) is 0 Å². The van der Waals surface area contributed by atoms with Crippen molar-refractivity contribution >= 4 is 0 Å². The highest BCUT2D eigenvalue weighted by Crippen LogP contribution is 2.12. The fourth-order valence-corrected chi connectivity index (χ4v) is 1.62. The summed E-state index contributed by atoms with van der Waals surface area (Å²) in [5.74, 6) is 5.89. The summed E-state index contributed by atoms with van der Waals surface area (Å²) in [5.41, 5.74) is 1.06. The first kappa shape index (κ1) is 14.3. The zero-order valence-corrected chi connectivity index (χ0v) is 10.9. The first-order valence-corrected chi connectivity index (χ1v) is 6.28. The lowest BCUT2D eigenvalue weighted by Crippen LogP contribution is -1.96. The van der Waals surface area contributed by atoms with E-state index < -0.39 is 0 Å². The third-order valence-corrected chi connectivity index (χ3v) is 2.60. The molecule has 0 aliphatic carbocycles. The van der Waals surface area contributed by atoms with Crippen LogP contribution in [0.5, 0.6) is 0 Å². The van der Waals surface area contributed by atoms with E-state index in [9.17, 15) is 4.39 Å². The summed E-state index contributed by atoms with van der Waals surface area (Å²) in [5, 5.41) is 8.62. The second-order valence-corrected chi connectivity index (χ2v) is 4.15. The Balaban J connectivity index is 1.91. The van der Waals surface area contributed by atoms with Crippen LogP contribution in [-0.2, 0) is 18.0 Å². The Labute approximate surface area is 117 Å². The molecule has 1 aromatic carbocycles. The minimum atomic E-state index is -0.347. The average molecular weight is 274 g/mol. The van der Waals surface area contributed by atoms with Crippen LogP contribution in [0.1, 0.15) is 23.3 Å². The molecule has 20 heavy (non-hydrogen) atoms. The normalized spacial score (nSPS) is 10.1. The molecule has 0 aliphatic heterocycles. The van der Waals surface area contributed by atoms with Crippen LogP contribution in [0.25, 0.3) is 0 Å². The molecule has 4 heteroatoms. The molecule has 0 radical (unpaired) electrons. The number of hydrogen-bond acceptors (Lipinski definition) is 3. The van der Waals surface area contributed by atoms with E-state index in [-0.39, 0.29) is 19.0 Å². The van der Waals surface area contributed by atoms with Crippen LogP contribution in [0.4, 0.5) is 4.39 Å². The minimum absolute atomic E-state index is 0.00812. The molecule has 104 valence electrons. The van der Waals surface area contributed by atoms with Crippen LogP contribution < -0.4 is 0 Å². The molecule has 0 saturated heterocycles. The molecule has 2 aromatic rings. The van der Waals surface area contributed by atoms with Gasteiger partial charge in [-0.3, -0.25) is 0 Å². The molecule has 0 amide bonds. The van der Waals surface area contributed by atoms with E-state index in [1.807, 2.05) is 0 Å². The van der Waals surface area contributed by atoms with Crippen molar-refractivity contribution in [1.82, 2.24) is 0 Å². The van der Waals surface area contributed by atoms with Crippen molar-refractivity contribution in [3.63, 3.8) is 0 Å². The van der Waals surface area contributed by atoms with Crippen molar-refractivity contribution in [3.05, 3.63) is 59.3 Å². The summed E-state index contributed by atoms with van der Waals surface area (Å²) < 4.78 is 24.3. The summed E-state index contributed by atoms with van der Waals surface area (Å²) in [6, 6.07) is 8.34. The zero-order valence-electron chi connectivity index (χ0n) is 10.9. The smallest absolute Gasteiger partial charge is 0.129 e. The second-order valence-electron chi connectivity index (χ2n) is 4.15. The van der Waals surface area contributed by atoms with Gasteiger partial charge in [-0.1, -0.05) is 17.9 Å². The lowest BCUT2D eigenvalue weighted by atomic mass is 10.1. The first-order chi connectivity index (χ1) is 9.79. The summed E-state index contributed by atoms with van der Waals surface area (Å²) in [4.78, 5) is 0. The Morgan fingerprint density at radius 3 is 2.85 bits per heavy atom. The van der Waals surface area contributed by atoms with Gasteiger partial charge in [0.05, 0.1) is 19.5 Å². The molecule has 2 rings (SSSR count). The van der Waals surface area contributed by atoms with Gasteiger partial charge in [-0.25, -0.2) is 4.39 Å². The molecule has 1 N–H and O–H groups in total. The number of halogens is 1. The Hall–Kier alpha value is -2.09. The molecule has 1 heterocycles. The van der Waals surface area contributed by atoms with Gasteiger partial charge in [-0.15, -0.1) is 0 Å². The van der Waals surface area contributed by atoms with Crippen LogP contribution in [0.15, 0.2) is 41.0 Å². The fourth-order valence-electron chi connectivity index (χ4n) is 1.62. The highest BCUT2D eigenvalue weighted by atomic mass is 19.1. The van der Waals surface area contributed by atoms with Crippen LogP contribution >= 0.6 is 0 Å². The Morgan fingerprint density at radius 2 is 2.15 bits per heavy atom. The largest absolute Gasteiger partial charge is 0.467 e. The predicted molar refractivity (Wildman–Crippen MR) is 72.2 cm³/mol. The van der Waals surface area contributed by atoms with Gasteiger partial charge in [0, 0.05) is 17.5 Å². The fraction of sp³-hybridized carbons (Fsp3) is 0.250. The third kappa shape index (κ3) is 4.23. The molecule has 0 spiro atoms. The van der Waals surface area contributed by atoms with E-state index >= 15 is 0 Å². The summed E-state index contributed by atoms with van der Waals surface area (Å²) in [7, 11) is 0. The van der Waals surface area contributed by atoms with Crippen LogP contribution in [0.3, 0.4) is 0 Å². The maximum Gasteiger partial charge on any atom is 0.129 e. The lowest BCUT2D eigenvalue weighted by molar-refractivity contribution is 0.0909. The number of furan rings is 1. The van der Waals surface area contributed by atoms with Gasteiger partial charge in [-0.05, 0) is 24.3 Å². The van der Waals surface area contributed by atoms with E-state index in [0.29, 0.717) is 29.9 Å². The number of rotatable bonds is 5. The Kier molecular flexibility index (Phi) is 5.36. The maximum absolute atomic E-state index is 13.8. The first-order valence-electron chi connectivity index (χ1n) is 6.28. The van der Waals surface area contributed by atoms with Crippen molar-refractivity contribution in [1.29, 1.82) is 0 Å². The van der Waals surface area contributed by atoms with Gasteiger partial charge >= 0.3 is 0 Å². The summed E-state index contributed by atoms with van der Waals surface area (Å²) in [6.45, 7) is 0.496. The molecule has 0 unspecified atom stereocenters. The van der Waals surface area contributed by atoms with Crippen LogP contribution in [0, 0.1) is 17.7 Å². The zero-order chi connectivity index (χ0) is 14.2. The van der Waals surface area contributed by atoms with Gasteiger partial charge < -0.3 is 14.3 Å². The van der Waals surface area contributed by atoms with Crippen LogP contribution in [-0.4, -0.2) is 11.7 Å². The van der Waals surface area contributed by atoms with E-state index in [0.717, 1.165) is 0 Å². The number of aliphatic hydroxyl groups is 1. The van der Waals surface area contributed by atoms with Crippen molar-refractivity contribution < 1.29 is 18.7 Å². The Morgan fingerprint density at radius 1 is 1.25 bits per heavy atom. The number of aliphatic hydroxyl groups excluding tert-OH is 1. The summed E-state index contributed by atoms with van der Waals surface area (Å²) in [6.07, 6.45) is 1.95. The quantitative estimate of drug-likeness (QED) is 0.852. The molecular formula is C16H15FO3.